The van der Waals surface area contributed by atoms with Crippen molar-refractivity contribution in [3.8, 4) is 5.69 Å². The number of para-hydroxylation sites is 1. The molecular weight excluding hydrogens is 483 g/mol. The molecule has 0 radical (unpaired) electrons. The zero-order valence-electron chi connectivity index (χ0n) is 18.1. The Morgan fingerprint density at radius 1 is 0.971 bits per heavy atom. The molecule has 0 atom stereocenters. The van der Waals surface area contributed by atoms with Gasteiger partial charge in [0.25, 0.3) is 0 Å². The third-order valence-corrected chi connectivity index (χ3v) is 6.01. The lowest BCUT2D eigenvalue weighted by atomic mass is 10.0. The third kappa shape index (κ3) is 4.43. The van der Waals surface area contributed by atoms with E-state index >= 15 is 4.39 Å². The van der Waals surface area contributed by atoms with Gasteiger partial charge in [0, 0.05) is 17.1 Å². The summed E-state index contributed by atoms with van der Waals surface area (Å²) in [5.74, 6) is -2.60. The summed E-state index contributed by atoms with van der Waals surface area (Å²) in [5.41, 5.74) is 0.177. The second-order valence-electron chi connectivity index (χ2n) is 7.63. The van der Waals surface area contributed by atoms with E-state index in [2.05, 4.69) is 0 Å². The fraction of sp³-hybridized carbons (Fsp3) is 0.154. The fourth-order valence-corrected chi connectivity index (χ4v) is 4.25. The molecule has 0 saturated carbocycles. The number of benzene rings is 3. The van der Waals surface area contributed by atoms with E-state index in [0.717, 1.165) is 12.5 Å². The monoisotopic (exact) mass is 501 g/mol. The van der Waals surface area contributed by atoms with Crippen LogP contribution in [0.15, 0.2) is 60.8 Å². The first kappa shape index (κ1) is 23.9. The van der Waals surface area contributed by atoms with E-state index < -0.39 is 23.4 Å². The van der Waals surface area contributed by atoms with E-state index in [4.69, 9.17) is 27.9 Å². The predicted molar refractivity (Wildman–Crippen MR) is 128 cm³/mol. The molecule has 0 aliphatic rings. The molecule has 0 N–H and O–H groups in total. The van der Waals surface area contributed by atoms with Crippen LogP contribution >= 0.6 is 23.2 Å². The summed E-state index contributed by atoms with van der Waals surface area (Å²) in [7, 11) is 0. The Morgan fingerprint density at radius 3 is 2.35 bits per heavy atom. The molecule has 3 aromatic carbocycles. The number of unbranched alkanes of at least 4 members (excludes halogenated alkanes) is 1. The second kappa shape index (κ2) is 9.95. The maximum atomic E-state index is 15.1. The largest absolute Gasteiger partial charge is 0.462 e. The normalized spacial score (nSPS) is 11.1. The van der Waals surface area contributed by atoms with Crippen LogP contribution < -0.4 is 0 Å². The van der Waals surface area contributed by atoms with Gasteiger partial charge < -0.3 is 9.30 Å². The third-order valence-electron chi connectivity index (χ3n) is 5.38. The second-order valence-corrected chi connectivity index (χ2v) is 8.44. The minimum absolute atomic E-state index is 0.00574. The zero-order chi connectivity index (χ0) is 24.4. The highest BCUT2D eigenvalue weighted by Gasteiger charge is 2.24. The summed E-state index contributed by atoms with van der Waals surface area (Å²) in [4.78, 5) is 25.5. The van der Waals surface area contributed by atoms with Crippen molar-refractivity contribution in [2.45, 2.75) is 19.8 Å². The minimum atomic E-state index is -0.778. The van der Waals surface area contributed by atoms with Crippen LogP contribution in [0, 0.1) is 11.6 Å². The first-order valence-electron chi connectivity index (χ1n) is 10.6. The van der Waals surface area contributed by atoms with Crippen LogP contribution in [0.5, 0.6) is 0 Å². The summed E-state index contributed by atoms with van der Waals surface area (Å²) in [5, 5.41) is 0.558. The Bertz CT molecular complexity index is 1390. The molecule has 0 aliphatic heterocycles. The molecule has 4 aromatic rings. The number of ketones is 1. The smallest absolute Gasteiger partial charge is 0.338 e. The van der Waals surface area contributed by atoms with Gasteiger partial charge in [0.15, 0.2) is 5.78 Å². The molecule has 34 heavy (non-hydrogen) atoms. The van der Waals surface area contributed by atoms with Crippen LogP contribution in [0.25, 0.3) is 16.6 Å². The Kier molecular flexibility index (Phi) is 7.00. The summed E-state index contributed by atoms with van der Waals surface area (Å²) < 4.78 is 36.4. The molecular formula is C26H19Cl2F2NO3. The van der Waals surface area contributed by atoms with Crippen molar-refractivity contribution in [2.75, 3.05) is 6.61 Å². The highest BCUT2D eigenvalue weighted by atomic mass is 35.5. The summed E-state index contributed by atoms with van der Waals surface area (Å²) in [6, 6.07) is 12.7. The number of carbonyl (C=O) groups excluding carboxylic acids is 2. The molecule has 0 amide bonds. The van der Waals surface area contributed by atoms with Gasteiger partial charge in [0.1, 0.15) is 11.6 Å². The van der Waals surface area contributed by atoms with Crippen LogP contribution in [-0.2, 0) is 4.74 Å². The summed E-state index contributed by atoms with van der Waals surface area (Å²) in [6.45, 7) is 2.20. The van der Waals surface area contributed by atoms with Gasteiger partial charge in [0.2, 0.25) is 0 Å². The van der Waals surface area contributed by atoms with Crippen LogP contribution in [0.1, 0.15) is 46.0 Å². The molecule has 0 spiro atoms. The first-order valence-corrected chi connectivity index (χ1v) is 11.3. The van der Waals surface area contributed by atoms with E-state index in [-0.39, 0.29) is 49.9 Å². The number of halogens is 4. The molecule has 1 heterocycles. The number of rotatable bonds is 7. The first-order chi connectivity index (χ1) is 16.3. The van der Waals surface area contributed by atoms with Crippen molar-refractivity contribution in [2.24, 2.45) is 0 Å². The lowest BCUT2D eigenvalue weighted by Gasteiger charge is -2.09. The van der Waals surface area contributed by atoms with E-state index in [1.165, 1.54) is 47.2 Å². The zero-order valence-corrected chi connectivity index (χ0v) is 19.6. The number of hydrogen-bond donors (Lipinski definition) is 0. The van der Waals surface area contributed by atoms with Gasteiger partial charge in [-0.1, -0.05) is 54.7 Å². The molecule has 174 valence electrons. The van der Waals surface area contributed by atoms with Gasteiger partial charge in [-0.05, 0) is 42.8 Å². The molecule has 0 aliphatic carbocycles. The summed E-state index contributed by atoms with van der Waals surface area (Å²) >= 11 is 12.4. The van der Waals surface area contributed by atoms with Crippen molar-refractivity contribution < 1.29 is 23.1 Å². The maximum absolute atomic E-state index is 15.1. The van der Waals surface area contributed by atoms with Crippen LogP contribution in [0.3, 0.4) is 0 Å². The van der Waals surface area contributed by atoms with Gasteiger partial charge in [-0.25, -0.2) is 13.6 Å². The standard InChI is InChI=1S/C26H19Cl2F2NO3/c1-2-3-12-34-26(33)15-10-11-22(21(30)13-15)31-14-17(16-6-4-9-20(29)24(16)31)25(32)23-18(27)7-5-8-19(23)28/h4-11,13-14H,2-3,12H2,1H3. The van der Waals surface area contributed by atoms with E-state index in [9.17, 15) is 14.0 Å². The average molecular weight is 502 g/mol. The number of hydrogen-bond acceptors (Lipinski definition) is 3. The molecule has 4 rings (SSSR count). The maximum Gasteiger partial charge on any atom is 0.338 e. The Morgan fingerprint density at radius 2 is 1.68 bits per heavy atom. The molecule has 0 unspecified atom stereocenters. The van der Waals surface area contributed by atoms with Crippen LogP contribution in [0.2, 0.25) is 10.0 Å². The Labute approximate surface area is 204 Å². The van der Waals surface area contributed by atoms with Gasteiger partial charge >= 0.3 is 5.97 Å². The minimum Gasteiger partial charge on any atom is -0.462 e. The lowest BCUT2D eigenvalue weighted by molar-refractivity contribution is 0.0499. The quantitative estimate of drug-likeness (QED) is 0.150. The number of esters is 1. The molecule has 1 aromatic heterocycles. The van der Waals surface area contributed by atoms with Crippen molar-refractivity contribution in [1.29, 1.82) is 0 Å². The van der Waals surface area contributed by atoms with Crippen LogP contribution in [0.4, 0.5) is 8.78 Å². The molecule has 8 heteroatoms. The molecule has 0 saturated heterocycles. The number of carbonyl (C=O) groups is 2. The molecule has 0 bridgehead atoms. The lowest BCUT2D eigenvalue weighted by Crippen LogP contribution is -2.08. The van der Waals surface area contributed by atoms with Gasteiger partial charge in [-0.3, -0.25) is 4.79 Å². The molecule has 0 fully saturated rings. The van der Waals surface area contributed by atoms with Gasteiger partial charge in [-0.15, -0.1) is 0 Å². The average Bonchev–Trinajstić information content (AvgIpc) is 3.19. The van der Waals surface area contributed by atoms with Crippen molar-refractivity contribution in [3.05, 3.63) is 99.2 Å². The van der Waals surface area contributed by atoms with E-state index in [1.807, 2.05) is 6.92 Å². The van der Waals surface area contributed by atoms with Crippen molar-refractivity contribution in [1.82, 2.24) is 4.57 Å². The number of ether oxygens (including phenoxy) is 1. The highest BCUT2D eigenvalue weighted by molar-refractivity contribution is 6.41. The van der Waals surface area contributed by atoms with Crippen LogP contribution in [-0.4, -0.2) is 22.9 Å². The van der Waals surface area contributed by atoms with Gasteiger partial charge in [-0.2, -0.15) is 0 Å². The predicted octanol–water partition coefficient (Wildman–Crippen LogP) is 7.40. The number of fused-ring (bicyclic) bond motifs is 1. The number of nitrogens with zero attached hydrogens (tertiary/aromatic N) is 1. The highest BCUT2D eigenvalue weighted by Crippen LogP contribution is 2.33. The topological polar surface area (TPSA) is 48.3 Å². The SMILES string of the molecule is CCCCOC(=O)c1ccc(-n2cc(C(=O)c3c(Cl)cccc3Cl)c3cccc(F)c32)c(F)c1. The molecule has 4 nitrogen and oxygen atoms in total. The number of aromatic nitrogens is 1. The summed E-state index contributed by atoms with van der Waals surface area (Å²) in [6.07, 6.45) is 2.90. The fourth-order valence-electron chi connectivity index (χ4n) is 3.68. The van der Waals surface area contributed by atoms with Crippen molar-refractivity contribution >= 4 is 45.9 Å². The van der Waals surface area contributed by atoms with E-state index in [1.54, 1.807) is 12.1 Å². The Hall–Kier alpha value is -3.22. The van der Waals surface area contributed by atoms with Crippen molar-refractivity contribution in [3.63, 3.8) is 0 Å². The van der Waals surface area contributed by atoms with E-state index in [0.29, 0.717) is 6.42 Å². The van der Waals surface area contributed by atoms with Gasteiger partial charge in [0.05, 0.1) is 39.0 Å². The Balaban J connectivity index is 1.82.